The second-order valence-corrected chi connectivity index (χ2v) is 11.9. The molecular weight excluding hydrogens is 428 g/mol. The lowest BCUT2D eigenvalue weighted by Crippen LogP contribution is -2.59. The highest BCUT2D eigenvalue weighted by atomic mass is 16.5. The zero-order valence-corrected chi connectivity index (χ0v) is 21.7. The van der Waals surface area contributed by atoms with Crippen LogP contribution in [-0.4, -0.2) is 39.3 Å². The molecule has 5 unspecified atom stereocenters. The van der Waals surface area contributed by atoms with Gasteiger partial charge in [0.1, 0.15) is 5.56 Å². The van der Waals surface area contributed by atoms with Gasteiger partial charge in [-0.05, 0) is 95.5 Å². The summed E-state index contributed by atoms with van der Waals surface area (Å²) in [5.74, 6) is 2.71. The summed E-state index contributed by atoms with van der Waals surface area (Å²) in [5.41, 5.74) is 0.213. The van der Waals surface area contributed by atoms with Gasteiger partial charge >= 0.3 is 0 Å². The van der Waals surface area contributed by atoms with Crippen LogP contribution in [0.1, 0.15) is 96.8 Å². The van der Waals surface area contributed by atoms with E-state index in [9.17, 15) is 9.59 Å². The molecule has 3 aliphatic rings. The number of aromatic nitrogens is 2. The number of fused-ring (bicyclic) bond motifs is 1. The van der Waals surface area contributed by atoms with Gasteiger partial charge in [0.05, 0.1) is 17.8 Å². The number of rotatable bonds is 9. The minimum absolute atomic E-state index is 0.0145. The summed E-state index contributed by atoms with van der Waals surface area (Å²) in [6.45, 7) is 12.1. The first-order valence-corrected chi connectivity index (χ1v) is 13.1. The molecule has 0 aromatic carbocycles. The third-order valence-electron chi connectivity index (χ3n) is 8.00. The Balaban J connectivity index is 1.49. The van der Waals surface area contributed by atoms with E-state index in [0.29, 0.717) is 23.3 Å². The minimum atomic E-state index is -0.549. The van der Waals surface area contributed by atoms with Crippen molar-refractivity contribution in [3.63, 3.8) is 0 Å². The van der Waals surface area contributed by atoms with Crippen LogP contribution in [0.4, 0.5) is 0 Å². The number of carbonyl (C=O) groups excluding carboxylic acids is 2. The number of amides is 2. The number of nitrogens with one attached hydrogen (secondary N) is 2. The number of nitrogens with zero attached hydrogens (tertiary/aromatic N) is 2. The number of ether oxygens (including phenoxy) is 1. The third kappa shape index (κ3) is 4.89. The summed E-state index contributed by atoms with van der Waals surface area (Å²) < 4.78 is 7.64. The Hall–Kier alpha value is -2.31. The maximum atomic E-state index is 13.4. The van der Waals surface area contributed by atoms with Gasteiger partial charge in [0.15, 0.2) is 0 Å². The standard InChI is InChI=1S/C27H42N4O3/c1-7-8-23(32)30-26(5,6)9-10-31-25(34-17(2)3)21(16-28-31)24(33)29-22-13-20-12-19-11-18(4)14-27(20,22)15-19/h9-10,16-20,22H,7-8,11-15H2,1-6H3,(H,29,33)(H,30,32)/b10-9+. The van der Waals surface area contributed by atoms with Gasteiger partial charge in [-0.25, -0.2) is 4.68 Å². The monoisotopic (exact) mass is 470 g/mol. The van der Waals surface area contributed by atoms with Gasteiger partial charge < -0.3 is 15.4 Å². The Labute approximate surface area is 204 Å². The van der Waals surface area contributed by atoms with Crippen molar-refractivity contribution in [1.82, 2.24) is 20.4 Å². The first-order chi connectivity index (χ1) is 16.0. The van der Waals surface area contributed by atoms with E-state index in [4.69, 9.17) is 4.74 Å². The largest absolute Gasteiger partial charge is 0.474 e. The molecule has 3 saturated carbocycles. The molecule has 1 aromatic rings. The molecule has 3 fully saturated rings. The van der Waals surface area contributed by atoms with Gasteiger partial charge in [-0.1, -0.05) is 13.8 Å². The Bertz CT molecular complexity index is 950. The molecule has 0 saturated heterocycles. The van der Waals surface area contributed by atoms with Crippen molar-refractivity contribution in [3.8, 4) is 5.88 Å². The van der Waals surface area contributed by atoms with E-state index in [-0.39, 0.29) is 24.0 Å². The van der Waals surface area contributed by atoms with Crippen molar-refractivity contribution in [2.24, 2.45) is 23.2 Å². The van der Waals surface area contributed by atoms with Crippen molar-refractivity contribution in [2.45, 2.75) is 104 Å². The molecule has 0 radical (unpaired) electrons. The Morgan fingerprint density at radius 1 is 1.29 bits per heavy atom. The van der Waals surface area contributed by atoms with E-state index >= 15 is 0 Å². The highest BCUT2D eigenvalue weighted by molar-refractivity contribution is 5.96. The van der Waals surface area contributed by atoms with E-state index in [1.807, 2.05) is 40.7 Å². The average molecular weight is 471 g/mol. The lowest BCUT2D eigenvalue weighted by molar-refractivity contribution is -0.122. The lowest BCUT2D eigenvalue weighted by Gasteiger charge is -2.55. The summed E-state index contributed by atoms with van der Waals surface area (Å²) in [6, 6.07) is 0.247. The highest BCUT2D eigenvalue weighted by Crippen LogP contribution is 2.66. The summed E-state index contributed by atoms with van der Waals surface area (Å²) in [4.78, 5) is 25.4. The van der Waals surface area contributed by atoms with Crippen LogP contribution >= 0.6 is 0 Å². The molecular formula is C27H42N4O3. The van der Waals surface area contributed by atoms with Crippen LogP contribution < -0.4 is 15.4 Å². The Morgan fingerprint density at radius 2 is 2.06 bits per heavy atom. The van der Waals surface area contributed by atoms with Crippen molar-refractivity contribution in [2.75, 3.05) is 0 Å². The Kier molecular flexibility index (Phi) is 6.85. The molecule has 34 heavy (non-hydrogen) atoms. The SMILES string of the molecule is CCCC(=O)NC(C)(C)/C=C/n1ncc(C(=O)NC2CC3CC4CC(C)CC32C4)c1OC(C)C. The molecule has 1 spiro atoms. The van der Waals surface area contributed by atoms with Crippen LogP contribution in [0.2, 0.25) is 0 Å². The fraction of sp³-hybridized carbons (Fsp3) is 0.741. The van der Waals surface area contributed by atoms with Crippen LogP contribution in [0.3, 0.4) is 0 Å². The van der Waals surface area contributed by atoms with Crippen LogP contribution in [-0.2, 0) is 4.79 Å². The molecule has 2 amide bonds. The van der Waals surface area contributed by atoms with Crippen LogP contribution in [0, 0.1) is 23.2 Å². The summed E-state index contributed by atoms with van der Waals surface area (Å²) >= 11 is 0. The first kappa shape index (κ1) is 24.8. The molecule has 7 nitrogen and oxygen atoms in total. The predicted molar refractivity (Wildman–Crippen MR) is 133 cm³/mol. The smallest absolute Gasteiger partial charge is 0.258 e. The second-order valence-electron chi connectivity index (χ2n) is 11.9. The maximum absolute atomic E-state index is 13.4. The van der Waals surface area contributed by atoms with E-state index in [1.54, 1.807) is 17.1 Å². The minimum Gasteiger partial charge on any atom is -0.474 e. The topological polar surface area (TPSA) is 85.2 Å². The first-order valence-electron chi connectivity index (χ1n) is 13.1. The van der Waals surface area contributed by atoms with Crippen LogP contribution in [0.15, 0.2) is 12.3 Å². The summed E-state index contributed by atoms with van der Waals surface area (Å²) in [7, 11) is 0. The molecule has 4 rings (SSSR count). The van der Waals surface area contributed by atoms with Crippen LogP contribution in [0.25, 0.3) is 6.20 Å². The molecule has 7 heteroatoms. The zero-order valence-electron chi connectivity index (χ0n) is 21.7. The van der Waals surface area contributed by atoms with E-state index in [2.05, 4.69) is 22.7 Å². The van der Waals surface area contributed by atoms with Gasteiger partial charge in [0, 0.05) is 18.7 Å². The van der Waals surface area contributed by atoms with Gasteiger partial charge in [-0.3, -0.25) is 9.59 Å². The Morgan fingerprint density at radius 3 is 2.76 bits per heavy atom. The van der Waals surface area contributed by atoms with E-state index in [1.165, 1.54) is 25.7 Å². The van der Waals surface area contributed by atoms with Crippen molar-refractivity contribution >= 4 is 18.0 Å². The van der Waals surface area contributed by atoms with Crippen LogP contribution in [0.5, 0.6) is 5.88 Å². The summed E-state index contributed by atoms with van der Waals surface area (Å²) in [6.07, 6.45) is 12.7. The molecule has 1 heterocycles. The molecule has 0 aliphatic heterocycles. The fourth-order valence-corrected chi connectivity index (χ4v) is 6.75. The molecule has 188 valence electrons. The number of hydrogen-bond donors (Lipinski definition) is 2. The quantitative estimate of drug-likeness (QED) is 0.544. The van der Waals surface area contributed by atoms with Gasteiger partial charge in [0.2, 0.25) is 11.8 Å². The van der Waals surface area contributed by atoms with Gasteiger partial charge in [-0.15, -0.1) is 0 Å². The molecule has 1 aromatic heterocycles. The lowest BCUT2D eigenvalue weighted by atomic mass is 9.54. The molecule has 2 bridgehead atoms. The van der Waals surface area contributed by atoms with Gasteiger partial charge in [0.25, 0.3) is 5.91 Å². The maximum Gasteiger partial charge on any atom is 0.258 e. The second kappa shape index (κ2) is 9.38. The average Bonchev–Trinajstić information content (AvgIpc) is 3.21. The fourth-order valence-electron chi connectivity index (χ4n) is 6.75. The summed E-state index contributed by atoms with van der Waals surface area (Å²) in [5, 5.41) is 10.8. The number of carbonyl (C=O) groups is 2. The van der Waals surface area contributed by atoms with Crippen molar-refractivity contribution in [1.29, 1.82) is 0 Å². The number of hydrogen-bond acceptors (Lipinski definition) is 4. The third-order valence-corrected chi connectivity index (χ3v) is 8.00. The molecule has 3 aliphatic carbocycles. The highest BCUT2D eigenvalue weighted by Gasteiger charge is 2.62. The van der Waals surface area contributed by atoms with E-state index in [0.717, 1.165) is 30.6 Å². The van der Waals surface area contributed by atoms with E-state index < -0.39 is 5.54 Å². The normalized spacial score (nSPS) is 30.2. The molecule has 2 N–H and O–H groups in total. The van der Waals surface area contributed by atoms with Gasteiger partial charge in [-0.2, -0.15) is 5.10 Å². The van der Waals surface area contributed by atoms with Crippen molar-refractivity contribution < 1.29 is 14.3 Å². The van der Waals surface area contributed by atoms with Crippen molar-refractivity contribution in [3.05, 3.63) is 17.8 Å². The predicted octanol–water partition coefficient (Wildman–Crippen LogP) is 4.78. The zero-order chi connectivity index (χ0) is 24.7. The molecule has 5 atom stereocenters.